The van der Waals surface area contributed by atoms with Gasteiger partial charge in [0.25, 0.3) is 5.91 Å². The average Bonchev–Trinajstić information content (AvgIpc) is 3.24. The molecule has 1 N–H and O–H groups in total. The van der Waals surface area contributed by atoms with Crippen molar-refractivity contribution >= 4 is 23.5 Å². The van der Waals surface area contributed by atoms with Gasteiger partial charge >= 0.3 is 0 Å². The molecule has 2 aliphatic rings. The lowest BCUT2D eigenvalue weighted by atomic mass is 9.96. The molecule has 2 aliphatic heterocycles. The van der Waals surface area contributed by atoms with E-state index < -0.39 is 17.4 Å². The van der Waals surface area contributed by atoms with Crippen molar-refractivity contribution in [3.8, 4) is 0 Å². The Hall–Kier alpha value is -3.72. The van der Waals surface area contributed by atoms with Crippen LogP contribution in [0.4, 0.5) is 10.1 Å². The number of hydrogen-bond donors (Lipinski definition) is 1. The lowest BCUT2D eigenvalue weighted by Crippen LogP contribution is -2.42. The Bertz CT molecular complexity index is 1260. The highest BCUT2D eigenvalue weighted by atomic mass is 19.1. The first-order valence-corrected chi connectivity index (χ1v) is 11.9. The predicted octanol–water partition coefficient (Wildman–Crippen LogP) is 4.38. The van der Waals surface area contributed by atoms with Crippen LogP contribution in [0.25, 0.3) is 5.57 Å². The molecule has 4 rings (SSSR count). The monoisotopic (exact) mass is 492 g/mol. The molecule has 0 saturated carbocycles. The molecule has 0 spiro atoms. The second kappa shape index (κ2) is 10.1. The number of aromatic nitrogens is 2. The molecule has 1 fully saturated rings. The van der Waals surface area contributed by atoms with Crippen LogP contribution in [-0.4, -0.2) is 65.2 Å². The number of benzene rings is 1. The first kappa shape index (κ1) is 25.4. The SMILES string of the molecule is C=C1C=C(c2cc(NC(=O)c3cnn(C(C)(C)C)c3F)ccc2C)C=C(N2CCOCC2)N1C=NC. The molecule has 2 aromatic rings. The Morgan fingerprint density at radius 2 is 1.97 bits per heavy atom. The molecule has 0 unspecified atom stereocenters. The number of nitrogens with zero attached hydrogens (tertiary/aromatic N) is 5. The van der Waals surface area contributed by atoms with E-state index >= 15 is 0 Å². The van der Waals surface area contributed by atoms with Crippen LogP contribution in [0, 0.1) is 12.9 Å². The Morgan fingerprint density at radius 1 is 1.25 bits per heavy atom. The third kappa shape index (κ3) is 5.11. The van der Waals surface area contributed by atoms with E-state index in [1.165, 1.54) is 10.9 Å². The van der Waals surface area contributed by atoms with E-state index in [1.54, 1.807) is 13.4 Å². The number of aryl methyl sites for hydroxylation is 1. The molecule has 1 amide bonds. The topological polar surface area (TPSA) is 75.0 Å². The predicted molar refractivity (Wildman–Crippen MR) is 140 cm³/mol. The van der Waals surface area contributed by atoms with Crippen LogP contribution in [0.1, 0.15) is 42.3 Å². The van der Waals surface area contributed by atoms with E-state index in [2.05, 4.69) is 33.0 Å². The molecule has 9 heteroatoms. The minimum atomic E-state index is -0.658. The number of aliphatic imine (C=N–C) groups is 1. The number of hydrogen-bond acceptors (Lipinski definition) is 5. The molecule has 1 saturated heterocycles. The summed E-state index contributed by atoms with van der Waals surface area (Å²) < 4.78 is 21.6. The van der Waals surface area contributed by atoms with Crippen LogP contribution in [-0.2, 0) is 10.3 Å². The molecule has 0 bridgehead atoms. The summed E-state index contributed by atoms with van der Waals surface area (Å²) in [6.45, 7) is 14.6. The van der Waals surface area contributed by atoms with Crippen LogP contribution >= 0.6 is 0 Å². The molecule has 0 aliphatic carbocycles. The minimum Gasteiger partial charge on any atom is -0.378 e. The van der Waals surface area contributed by atoms with Gasteiger partial charge in [0.05, 0.1) is 31.3 Å². The molecule has 0 radical (unpaired) electrons. The van der Waals surface area contributed by atoms with Crippen molar-refractivity contribution in [2.24, 2.45) is 4.99 Å². The van der Waals surface area contributed by atoms with Gasteiger partial charge in [-0.05, 0) is 68.7 Å². The highest BCUT2D eigenvalue weighted by Gasteiger charge is 2.26. The maximum atomic E-state index is 14.9. The fourth-order valence-electron chi connectivity index (χ4n) is 4.25. The summed E-state index contributed by atoms with van der Waals surface area (Å²) in [6, 6.07) is 5.64. The summed E-state index contributed by atoms with van der Waals surface area (Å²) >= 11 is 0. The molecule has 1 aromatic carbocycles. The summed E-state index contributed by atoms with van der Waals surface area (Å²) in [5, 5.41) is 6.89. The summed E-state index contributed by atoms with van der Waals surface area (Å²) in [5.41, 5.74) is 3.62. The van der Waals surface area contributed by atoms with Gasteiger partial charge in [-0.25, -0.2) is 4.68 Å². The lowest BCUT2D eigenvalue weighted by molar-refractivity contribution is 0.0459. The number of halogens is 1. The highest BCUT2D eigenvalue weighted by Crippen LogP contribution is 2.33. The summed E-state index contributed by atoms with van der Waals surface area (Å²) in [7, 11) is 1.73. The summed E-state index contributed by atoms with van der Waals surface area (Å²) in [6.07, 6.45) is 7.11. The van der Waals surface area contributed by atoms with Crippen LogP contribution in [0.5, 0.6) is 0 Å². The number of allylic oxidation sites excluding steroid dienone is 3. The molecule has 3 heterocycles. The standard InChI is InChI=1S/C27H33FN6O2/c1-18-7-8-21(31-26(35)23-16-30-34(25(23)28)27(3,4)5)15-22(18)20-13-19(2)33(17-29-6)24(14-20)32-9-11-36-12-10-32/h7-8,13-17H,2,9-12H2,1,3-6H3,(H,31,35). The number of ether oxygens (including phenoxy) is 1. The Kier molecular flexibility index (Phi) is 7.12. The summed E-state index contributed by atoms with van der Waals surface area (Å²) in [5.74, 6) is -0.235. The minimum absolute atomic E-state index is 0.0960. The Morgan fingerprint density at radius 3 is 2.61 bits per heavy atom. The van der Waals surface area contributed by atoms with E-state index in [9.17, 15) is 9.18 Å². The van der Waals surface area contributed by atoms with Crippen molar-refractivity contribution in [3.05, 3.63) is 77.3 Å². The maximum Gasteiger partial charge on any atom is 0.261 e. The van der Waals surface area contributed by atoms with Crippen molar-refractivity contribution in [1.29, 1.82) is 0 Å². The van der Waals surface area contributed by atoms with Gasteiger partial charge < -0.3 is 15.0 Å². The van der Waals surface area contributed by atoms with Gasteiger partial charge in [0.15, 0.2) is 0 Å². The van der Waals surface area contributed by atoms with Crippen molar-refractivity contribution < 1.29 is 13.9 Å². The Labute approximate surface area is 211 Å². The number of carbonyl (C=O) groups is 1. The van der Waals surface area contributed by atoms with Crippen molar-refractivity contribution in [2.75, 3.05) is 38.7 Å². The number of anilines is 1. The molecule has 190 valence electrons. The molecule has 36 heavy (non-hydrogen) atoms. The van der Waals surface area contributed by atoms with Gasteiger partial charge in [-0.1, -0.05) is 12.6 Å². The number of morpholine rings is 1. The fourth-order valence-corrected chi connectivity index (χ4v) is 4.25. The molecular formula is C27H33FN6O2. The third-order valence-corrected chi connectivity index (χ3v) is 6.13. The van der Waals surface area contributed by atoms with Gasteiger partial charge in [0.2, 0.25) is 5.95 Å². The fraction of sp³-hybridized carbons (Fsp3) is 0.370. The van der Waals surface area contributed by atoms with Crippen LogP contribution < -0.4 is 5.32 Å². The van der Waals surface area contributed by atoms with E-state index in [-0.39, 0.29) is 5.56 Å². The molecular weight excluding hydrogens is 459 g/mol. The zero-order valence-corrected chi connectivity index (χ0v) is 21.5. The van der Waals surface area contributed by atoms with Gasteiger partial charge in [0, 0.05) is 31.5 Å². The van der Waals surface area contributed by atoms with Gasteiger partial charge in [-0.2, -0.15) is 9.49 Å². The van der Waals surface area contributed by atoms with Crippen molar-refractivity contribution in [3.63, 3.8) is 0 Å². The number of nitrogens with one attached hydrogen (secondary N) is 1. The van der Waals surface area contributed by atoms with Gasteiger partial charge in [-0.3, -0.25) is 14.7 Å². The van der Waals surface area contributed by atoms with Crippen molar-refractivity contribution in [2.45, 2.75) is 33.2 Å². The maximum absolute atomic E-state index is 14.9. The number of rotatable bonds is 5. The number of amides is 1. The first-order chi connectivity index (χ1) is 17.1. The second-order valence-corrected chi connectivity index (χ2v) is 9.85. The molecule has 8 nitrogen and oxygen atoms in total. The smallest absolute Gasteiger partial charge is 0.261 e. The highest BCUT2D eigenvalue weighted by molar-refractivity contribution is 6.04. The summed E-state index contributed by atoms with van der Waals surface area (Å²) in [4.78, 5) is 21.3. The lowest BCUT2D eigenvalue weighted by Gasteiger charge is -2.38. The van der Waals surface area contributed by atoms with Crippen LogP contribution in [0.2, 0.25) is 0 Å². The largest absolute Gasteiger partial charge is 0.378 e. The molecule has 0 atom stereocenters. The van der Waals surface area contributed by atoms with E-state index in [0.717, 1.165) is 41.3 Å². The van der Waals surface area contributed by atoms with E-state index in [0.29, 0.717) is 18.9 Å². The average molecular weight is 493 g/mol. The van der Waals surface area contributed by atoms with Crippen LogP contribution in [0.15, 0.2) is 59.6 Å². The second-order valence-electron chi connectivity index (χ2n) is 9.85. The molecule has 1 aromatic heterocycles. The van der Waals surface area contributed by atoms with Crippen molar-refractivity contribution in [1.82, 2.24) is 19.6 Å². The quantitative estimate of drug-likeness (QED) is 0.495. The van der Waals surface area contributed by atoms with Gasteiger partial charge in [-0.15, -0.1) is 0 Å². The van der Waals surface area contributed by atoms with E-state index in [4.69, 9.17) is 4.74 Å². The first-order valence-electron chi connectivity index (χ1n) is 11.9. The van der Waals surface area contributed by atoms with Crippen LogP contribution in [0.3, 0.4) is 0 Å². The third-order valence-electron chi connectivity index (χ3n) is 6.13. The number of carbonyl (C=O) groups excluding carboxylic acids is 1. The van der Waals surface area contributed by atoms with Gasteiger partial charge in [0.1, 0.15) is 11.4 Å². The normalized spacial score (nSPS) is 16.9. The van der Waals surface area contributed by atoms with E-state index in [1.807, 2.05) is 56.9 Å². The Balaban J connectivity index is 1.64. The zero-order valence-electron chi connectivity index (χ0n) is 21.5. The zero-order chi connectivity index (χ0) is 26.0.